The number of nitrogens with zero attached hydrogens (tertiary/aromatic N) is 2. The van der Waals surface area contributed by atoms with Crippen molar-refractivity contribution >= 4 is 17.6 Å². The lowest BCUT2D eigenvalue weighted by Crippen LogP contribution is -2.38. The second-order valence-corrected chi connectivity index (χ2v) is 8.17. The molecule has 3 rings (SSSR count). The first-order chi connectivity index (χ1) is 15.1. The van der Waals surface area contributed by atoms with Gasteiger partial charge in [0.25, 0.3) is 0 Å². The van der Waals surface area contributed by atoms with Crippen LogP contribution in [0.4, 0.5) is 0 Å². The third-order valence-corrected chi connectivity index (χ3v) is 5.69. The highest BCUT2D eigenvalue weighted by atomic mass is 35.5. The monoisotopic (exact) mass is 444 g/mol. The SMILES string of the molecule is CN=C(NCc1cccc(Cl)c1)NCc1cccc(OCCN(C)C2CCOCC2)c1. The van der Waals surface area contributed by atoms with E-state index in [1.807, 2.05) is 36.4 Å². The predicted octanol–water partition coefficient (Wildman–Crippen LogP) is 3.69. The van der Waals surface area contributed by atoms with Gasteiger partial charge in [0.05, 0.1) is 0 Å². The molecule has 1 saturated heterocycles. The summed E-state index contributed by atoms with van der Waals surface area (Å²) in [6.07, 6.45) is 2.20. The van der Waals surface area contributed by atoms with E-state index in [-0.39, 0.29) is 0 Å². The maximum absolute atomic E-state index is 6.05. The number of aliphatic imine (C=N–C) groups is 1. The minimum absolute atomic E-state index is 0.596. The highest BCUT2D eigenvalue weighted by Gasteiger charge is 2.17. The molecule has 6 nitrogen and oxygen atoms in total. The minimum atomic E-state index is 0.596. The zero-order valence-electron chi connectivity index (χ0n) is 18.4. The topological polar surface area (TPSA) is 58.1 Å². The molecule has 31 heavy (non-hydrogen) atoms. The number of guanidine groups is 1. The molecule has 7 heteroatoms. The van der Waals surface area contributed by atoms with Crippen LogP contribution in [-0.4, -0.2) is 57.4 Å². The maximum Gasteiger partial charge on any atom is 0.191 e. The molecule has 1 aliphatic heterocycles. The Bertz CT molecular complexity index is 840. The summed E-state index contributed by atoms with van der Waals surface area (Å²) in [6, 6.07) is 16.6. The van der Waals surface area contributed by atoms with Gasteiger partial charge in [-0.15, -0.1) is 0 Å². The smallest absolute Gasteiger partial charge is 0.191 e. The van der Waals surface area contributed by atoms with Crippen molar-refractivity contribution in [2.24, 2.45) is 4.99 Å². The molecule has 0 atom stereocenters. The Morgan fingerprint density at radius 3 is 2.45 bits per heavy atom. The van der Waals surface area contributed by atoms with E-state index in [4.69, 9.17) is 21.1 Å². The molecule has 2 aromatic carbocycles. The molecule has 1 fully saturated rings. The number of ether oxygens (including phenoxy) is 2. The number of likely N-dealkylation sites (N-methyl/N-ethyl adjacent to an activating group) is 1. The van der Waals surface area contributed by atoms with Crippen LogP contribution in [-0.2, 0) is 17.8 Å². The Labute approximate surface area is 190 Å². The Balaban J connectivity index is 1.41. The molecule has 0 spiro atoms. The Morgan fingerprint density at radius 2 is 1.77 bits per heavy atom. The van der Waals surface area contributed by atoms with Crippen molar-refractivity contribution in [1.82, 2.24) is 15.5 Å². The van der Waals surface area contributed by atoms with E-state index in [1.54, 1.807) is 7.05 Å². The first-order valence-electron chi connectivity index (χ1n) is 10.8. The summed E-state index contributed by atoms with van der Waals surface area (Å²) in [6.45, 7) is 4.63. The number of nitrogens with one attached hydrogen (secondary N) is 2. The predicted molar refractivity (Wildman–Crippen MR) is 127 cm³/mol. The van der Waals surface area contributed by atoms with E-state index in [9.17, 15) is 0 Å². The van der Waals surface area contributed by atoms with Gasteiger partial charge in [0.2, 0.25) is 0 Å². The van der Waals surface area contributed by atoms with Gasteiger partial charge < -0.3 is 20.1 Å². The molecule has 0 saturated carbocycles. The van der Waals surface area contributed by atoms with E-state index >= 15 is 0 Å². The third kappa shape index (κ3) is 8.05. The van der Waals surface area contributed by atoms with Crippen molar-refractivity contribution < 1.29 is 9.47 Å². The average Bonchev–Trinajstić information content (AvgIpc) is 2.80. The number of hydrogen-bond acceptors (Lipinski definition) is 4. The molecule has 0 aliphatic carbocycles. The number of benzene rings is 2. The van der Waals surface area contributed by atoms with E-state index in [0.29, 0.717) is 25.7 Å². The van der Waals surface area contributed by atoms with E-state index < -0.39 is 0 Å². The molecule has 168 valence electrons. The van der Waals surface area contributed by atoms with Crippen molar-refractivity contribution in [1.29, 1.82) is 0 Å². The molecule has 2 aromatic rings. The standard InChI is InChI=1S/C24H33ClN4O2/c1-26-24(27-17-19-5-3-7-21(25)15-19)28-18-20-6-4-8-23(16-20)31-14-11-29(2)22-9-12-30-13-10-22/h3-8,15-16,22H,9-14,17-18H2,1-2H3,(H2,26,27,28). The second kappa shape index (κ2) is 12.5. The van der Waals surface area contributed by atoms with Crippen molar-refractivity contribution in [2.45, 2.75) is 32.0 Å². The summed E-state index contributed by atoms with van der Waals surface area (Å²) in [5.74, 6) is 1.63. The Hall–Kier alpha value is -2.28. The quantitative estimate of drug-likeness (QED) is 0.456. The summed E-state index contributed by atoms with van der Waals surface area (Å²) < 4.78 is 11.4. The molecule has 1 aliphatic rings. The number of hydrogen-bond donors (Lipinski definition) is 2. The van der Waals surface area contributed by atoms with Gasteiger partial charge in [0.15, 0.2) is 5.96 Å². The van der Waals surface area contributed by atoms with Crippen molar-refractivity contribution in [3.63, 3.8) is 0 Å². The van der Waals surface area contributed by atoms with E-state index in [0.717, 1.165) is 60.5 Å². The van der Waals surface area contributed by atoms with Gasteiger partial charge >= 0.3 is 0 Å². The van der Waals surface area contributed by atoms with Gasteiger partial charge in [-0.1, -0.05) is 35.9 Å². The van der Waals surface area contributed by atoms with Crippen LogP contribution in [0.15, 0.2) is 53.5 Å². The highest BCUT2D eigenvalue weighted by molar-refractivity contribution is 6.30. The van der Waals surface area contributed by atoms with Crippen LogP contribution in [0.3, 0.4) is 0 Å². The van der Waals surface area contributed by atoms with Crippen LogP contribution in [0.5, 0.6) is 5.75 Å². The summed E-state index contributed by atoms with van der Waals surface area (Å²) in [4.78, 5) is 6.67. The zero-order valence-corrected chi connectivity index (χ0v) is 19.2. The minimum Gasteiger partial charge on any atom is -0.492 e. The number of rotatable bonds is 9. The molecular formula is C24H33ClN4O2. The number of halogens is 1. The highest BCUT2D eigenvalue weighted by Crippen LogP contribution is 2.15. The van der Waals surface area contributed by atoms with Crippen LogP contribution in [0.2, 0.25) is 5.02 Å². The molecule has 2 N–H and O–H groups in total. The lowest BCUT2D eigenvalue weighted by molar-refractivity contribution is 0.0392. The normalized spacial score (nSPS) is 15.2. The first kappa shape index (κ1) is 23.4. The van der Waals surface area contributed by atoms with Crippen LogP contribution in [0, 0.1) is 0 Å². The summed E-state index contributed by atoms with van der Waals surface area (Å²) in [7, 11) is 3.93. The fourth-order valence-electron chi connectivity index (χ4n) is 3.60. The van der Waals surface area contributed by atoms with Gasteiger partial charge in [-0.2, -0.15) is 0 Å². The molecule has 0 amide bonds. The molecule has 0 unspecified atom stereocenters. The van der Waals surface area contributed by atoms with E-state index in [2.05, 4.69) is 39.7 Å². The molecule has 0 radical (unpaired) electrons. The van der Waals surface area contributed by atoms with Crippen molar-refractivity contribution in [3.8, 4) is 5.75 Å². The summed E-state index contributed by atoms with van der Waals surface area (Å²) in [5, 5.41) is 7.39. The van der Waals surface area contributed by atoms with Crippen LogP contribution >= 0.6 is 11.6 Å². The maximum atomic E-state index is 6.05. The van der Waals surface area contributed by atoms with Gasteiger partial charge in [-0.3, -0.25) is 9.89 Å². The zero-order chi connectivity index (χ0) is 21.9. The van der Waals surface area contributed by atoms with Crippen LogP contribution < -0.4 is 15.4 Å². The van der Waals surface area contributed by atoms with E-state index in [1.165, 1.54) is 0 Å². The lowest BCUT2D eigenvalue weighted by atomic mass is 10.1. The van der Waals surface area contributed by atoms with Gasteiger partial charge in [-0.05, 0) is 55.3 Å². The molecule has 1 heterocycles. The fraction of sp³-hybridized carbons (Fsp3) is 0.458. The summed E-state index contributed by atoms with van der Waals surface area (Å²) in [5.41, 5.74) is 2.25. The van der Waals surface area contributed by atoms with Crippen molar-refractivity contribution in [3.05, 3.63) is 64.7 Å². The second-order valence-electron chi connectivity index (χ2n) is 7.73. The van der Waals surface area contributed by atoms with Gasteiger partial charge in [0.1, 0.15) is 12.4 Å². The molecule has 0 aromatic heterocycles. The van der Waals surface area contributed by atoms with Crippen molar-refractivity contribution in [2.75, 3.05) is 40.5 Å². The Kier molecular flexibility index (Phi) is 9.46. The fourth-order valence-corrected chi connectivity index (χ4v) is 3.81. The lowest BCUT2D eigenvalue weighted by Gasteiger charge is -2.31. The third-order valence-electron chi connectivity index (χ3n) is 5.46. The Morgan fingerprint density at radius 1 is 1.10 bits per heavy atom. The van der Waals surface area contributed by atoms with Gasteiger partial charge in [-0.25, -0.2) is 0 Å². The molecule has 0 bridgehead atoms. The summed E-state index contributed by atoms with van der Waals surface area (Å²) >= 11 is 6.05. The first-order valence-corrected chi connectivity index (χ1v) is 11.2. The van der Waals surface area contributed by atoms with Crippen LogP contribution in [0.1, 0.15) is 24.0 Å². The van der Waals surface area contributed by atoms with Gasteiger partial charge in [0, 0.05) is 51.0 Å². The average molecular weight is 445 g/mol. The van der Waals surface area contributed by atoms with Crippen LogP contribution in [0.25, 0.3) is 0 Å². The largest absolute Gasteiger partial charge is 0.492 e. The molecular weight excluding hydrogens is 412 g/mol.